The van der Waals surface area contributed by atoms with Crippen LogP contribution in [0.4, 0.5) is 0 Å². The van der Waals surface area contributed by atoms with Crippen LogP contribution in [-0.4, -0.2) is 24.5 Å². The Hall–Kier alpha value is 0.680. The van der Waals surface area contributed by atoms with Crippen molar-refractivity contribution in [2.45, 2.75) is 43.4 Å². The molecular formula is C12H19BrClNO2S. The van der Waals surface area contributed by atoms with Crippen molar-refractivity contribution in [3.8, 4) is 0 Å². The number of sulfonamides is 1. The minimum Gasteiger partial charge on any atom is -0.214 e. The number of nitrogens with one attached hydrogen (secondary N) is 1. The van der Waals surface area contributed by atoms with E-state index < -0.39 is 10.0 Å². The van der Waals surface area contributed by atoms with Crippen molar-refractivity contribution in [3.05, 3.63) is 0 Å². The van der Waals surface area contributed by atoms with Crippen molar-refractivity contribution in [3.63, 3.8) is 0 Å². The van der Waals surface area contributed by atoms with Gasteiger partial charge in [-0.1, -0.05) is 15.9 Å². The molecule has 4 saturated carbocycles. The molecule has 104 valence electrons. The van der Waals surface area contributed by atoms with Crippen LogP contribution in [0.5, 0.6) is 0 Å². The van der Waals surface area contributed by atoms with E-state index in [1.165, 1.54) is 6.42 Å². The van der Waals surface area contributed by atoms with Crippen molar-refractivity contribution in [1.82, 2.24) is 4.72 Å². The maximum absolute atomic E-state index is 11.6. The Balaban J connectivity index is 1.75. The van der Waals surface area contributed by atoms with E-state index in [1.807, 2.05) is 0 Å². The molecule has 4 aliphatic rings. The van der Waals surface area contributed by atoms with Gasteiger partial charge >= 0.3 is 0 Å². The SMILES string of the molecule is O=S(=O)(CBr)NCC12CC3CC(CC(Cl)(C3)C1)C2. The highest BCUT2D eigenvalue weighted by molar-refractivity contribution is 9.10. The smallest absolute Gasteiger partial charge is 0.214 e. The molecule has 0 aromatic heterocycles. The molecule has 4 fully saturated rings. The van der Waals surface area contributed by atoms with E-state index in [9.17, 15) is 8.42 Å². The Morgan fingerprint density at radius 3 is 2.33 bits per heavy atom. The van der Waals surface area contributed by atoms with Crippen LogP contribution < -0.4 is 4.72 Å². The summed E-state index contributed by atoms with van der Waals surface area (Å²) in [6.07, 6.45) is 6.88. The van der Waals surface area contributed by atoms with Crippen LogP contribution in [0.1, 0.15) is 38.5 Å². The molecular weight excluding hydrogens is 338 g/mol. The Morgan fingerprint density at radius 2 is 1.83 bits per heavy atom. The normalized spacial score (nSPS) is 46.6. The molecule has 2 atom stereocenters. The maximum atomic E-state index is 11.6. The van der Waals surface area contributed by atoms with Crippen molar-refractivity contribution in [2.24, 2.45) is 17.3 Å². The summed E-state index contributed by atoms with van der Waals surface area (Å²) in [5.41, 5.74) is 0.126. The van der Waals surface area contributed by atoms with Gasteiger partial charge < -0.3 is 0 Å². The van der Waals surface area contributed by atoms with Crippen LogP contribution >= 0.6 is 27.5 Å². The topological polar surface area (TPSA) is 46.2 Å². The third-order valence-electron chi connectivity index (χ3n) is 4.92. The van der Waals surface area contributed by atoms with E-state index in [2.05, 4.69) is 20.7 Å². The highest BCUT2D eigenvalue weighted by atomic mass is 79.9. The number of halogens is 2. The largest absolute Gasteiger partial charge is 0.221 e. The van der Waals surface area contributed by atoms with E-state index in [0.29, 0.717) is 6.54 Å². The van der Waals surface area contributed by atoms with Gasteiger partial charge in [-0.3, -0.25) is 0 Å². The summed E-state index contributed by atoms with van der Waals surface area (Å²) < 4.78 is 25.9. The summed E-state index contributed by atoms with van der Waals surface area (Å²) >= 11 is 9.73. The average molecular weight is 357 g/mol. The standard InChI is InChI=1S/C12H19BrClNO2S/c13-8-18(16,17)15-7-11-2-9-1-10(3-11)5-12(14,4-9)6-11/h9-10,15H,1-8H2. The van der Waals surface area contributed by atoms with E-state index in [1.54, 1.807) is 0 Å². The third kappa shape index (κ3) is 2.48. The number of hydrogen-bond donors (Lipinski definition) is 1. The minimum absolute atomic E-state index is 0.0189. The Morgan fingerprint density at radius 1 is 1.22 bits per heavy atom. The lowest BCUT2D eigenvalue weighted by atomic mass is 9.49. The molecule has 18 heavy (non-hydrogen) atoms. The van der Waals surface area contributed by atoms with Crippen molar-refractivity contribution in [1.29, 1.82) is 0 Å². The molecule has 0 radical (unpaired) electrons. The summed E-state index contributed by atoms with van der Waals surface area (Å²) in [4.78, 5) is -0.0378. The van der Waals surface area contributed by atoms with Gasteiger partial charge in [-0.05, 0) is 55.8 Å². The molecule has 1 N–H and O–H groups in total. The first-order chi connectivity index (χ1) is 8.34. The van der Waals surface area contributed by atoms with E-state index >= 15 is 0 Å². The molecule has 0 aromatic rings. The fraction of sp³-hybridized carbons (Fsp3) is 1.00. The Bertz CT molecular complexity index is 439. The maximum Gasteiger partial charge on any atom is 0.221 e. The fourth-order valence-electron chi connectivity index (χ4n) is 4.84. The number of alkyl halides is 2. The van der Waals surface area contributed by atoms with E-state index in [4.69, 9.17) is 11.6 Å². The second-order valence-corrected chi connectivity index (χ2v) is 10.6. The van der Waals surface area contributed by atoms with Crippen molar-refractivity contribution in [2.75, 3.05) is 11.2 Å². The zero-order valence-electron chi connectivity index (χ0n) is 10.3. The predicted octanol–water partition coefficient (Wildman–Crippen LogP) is 2.84. The second kappa shape index (κ2) is 4.34. The van der Waals surface area contributed by atoms with Crippen LogP contribution in [0.25, 0.3) is 0 Å². The van der Waals surface area contributed by atoms with Crippen LogP contribution in [0.3, 0.4) is 0 Å². The van der Waals surface area contributed by atoms with Crippen LogP contribution in [0.15, 0.2) is 0 Å². The summed E-state index contributed by atoms with van der Waals surface area (Å²) in [5, 5.41) is 0. The molecule has 4 bridgehead atoms. The Labute approximate surface area is 122 Å². The van der Waals surface area contributed by atoms with Gasteiger partial charge in [0, 0.05) is 11.4 Å². The lowest BCUT2D eigenvalue weighted by Crippen LogP contribution is -2.56. The second-order valence-electron chi connectivity index (χ2n) is 6.66. The molecule has 0 amide bonds. The van der Waals surface area contributed by atoms with Gasteiger partial charge in [0.1, 0.15) is 4.66 Å². The van der Waals surface area contributed by atoms with Gasteiger partial charge in [0.15, 0.2) is 0 Å². The molecule has 0 heterocycles. The first-order valence-electron chi connectivity index (χ1n) is 6.56. The number of hydrogen-bond acceptors (Lipinski definition) is 2. The lowest BCUT2D eigenvalue weighted by Gasteiger charge is -2.60. The molecule has 4 aliphatic carbocycles. The van der Waals surface area contributed by atoms with Gasteiger partial charge in [-0.25, -0.2) is 13.1 Å². The molecule has 6 heteroatoms. The number of rotatable bonds is 4. The van der Waals surface area contributed by atoms with E-state index in [0.717, 1.165) is 43.9 Å². The van der Waals surface area contributed by atoms with Crippen molar-refractivity contribution < 1.29 is 8.42 Å². The molecule has 0 aliphatic heterocycles. The highest BCUT2D eigenvalue weighted by Crippen LogP contribution is 2.63. The molecule has 2 unspecified atom stereocenters. The van der Waals surface area contributed by atoms with Crippen molar-refractivity contribution >= 4 is 37.6 Å². The monoisotopic (exact) mass is 355 g/mol. The van der Waals surface area contributed by atoms with Gasteiger partial charge in [0.25, 0.3) is 0 Å². The summed E-state index contributed by atoms with van der Waals surface area (Å²) in [5.74, 6) is 1.44. The molecule has 3 nitrogen and oxygen atoms in total. The quantitative estimate of drug-likeness (QED) is 0.787. The average Bonchev–Trinajstić information content (AvgIpc) is 2.23. The summed E-state index contributed by atoms with van der Waals surface area (Å²) in [6, 6.07) is 0. The highest BCUT2D eigenvalue weighted by Gasteiger charge is 2.56. The first-order valence-corrected chi connectivity index (χ1v) is 9.71. The summed E-state index contributed by atoms with van der Waals surface area (Å²) in [6.45, 7) is 0.572. The van der Waals surface area contributed by atoms with Gasteiger partial charge in [0.2, 0.25) is 10.0 Å². The molecule has 0 saturated heterocycles. The lowest BCUT2D eigenvalue weighted by molar-refractivity contribution is -0.0360. The Kier molecular flexibility index (Phi) is 3.29. The van der Waals surface area contributed by atoms with Gasteiger partial charge in [-0.15, -0.1) is 11.6 Å². The molecule has 0 spiro atoms. The van der Waals surface area contributed by atoms with Gasteiger partial charge in [0.05, 0.1) is 0 Å². The predicted molar refractivity (Wildman–Crippen MR) is 76.4 cm³/mol. The molecule has 4 rings (SSSR count). The zero-order chi connectivity index (χ0) is 13.0. The van der Waals surface area contributed by atoms with Gasteiger partial charge in [-0.2, -0.15) is 0 Å². The van der Waals surface area contributed by atoms with Crippen LogP contribution in [0.2, 0.25) is 0 Å². The minimum atomic E-state index is -3.16. The van der Waals surface area contributed by atoms with Crippen LogP contribution in [0, 0.1) is 17.3 Å². The zero-order valence-corrected chi connectivity index (χ0v) is 13.5. The van der Waals surface area contributed by atoms with Crippen LogP contribution in [-0.2, 0) is 10.0 Å². The third-order valence-corrected chi connectivity index (χ3v) is 8.04. The summed E-state index contributed by atoms with van der Waals surface area (Å²) in [7, 11) is -3.16. The fourth-order valence-corrected chi connectivity index (χ4v) is 6.65. The van der Waals surface area contributed by atoms with E-state index in [-0.39, 0.29) is 15.0 Å². The first kappa shape index (κ1) is 13.7. The molecule has 0 aromatic carbocycles.